The molecule has 1 saturated heterocycles. The van der Waals surface area contributed by atoms with E-state index < -0.39 is 12.0 Å². The van der Waals surface area contributed by atoms with Crippen LogP contribution >= 0.6 is 0 Å². The topological polar surface area (TPSA) is 69.6 Å². The number of benzene rings is 1. The summed E-state index contributed by atoms with van der Waals surface area (Å²) in [6, 6.07) is 9.55. The van der Waals surface area contributed by atoms with Crippen LogP contribution in [0.1, 0.15) is 18.9 Å². The molecule has 2 amide bonds. The number of hydrogen-bond donors (Lipinski definition) is 2. The molecular weight excluding hydrogens is 256 g/mol. The van der Waals surface area contributed by atoms with E-state index in [1.54, 1.807) is 0 Å². The molecule has 2 unspecified atom stereocenters. The molecule has 1 aromatic carbocycles. The minimum Gasteiger partial charge on any atom is -0.390 e. The number of aliphatic hydroxyl groups excluding tert-OH is 1. The Labute approximate surface area is 118 Å². The van der Waals surface area contributed by atoms with Gasteiger partial charge in [-0.3, -0.25) is 9.59 Å². The summed E-state index contributed by atoms with van der Waals surface area (Å²) < 4.78 is 0. The van der Waals surface area contributed by atoms with Gasteiger partial charge in [-0.05, 0) is 12.0 Å². The Morgan fingerprint density at radius 1 is 1.40 bits per heavy atom. The summed E-state index contributed by atoms with van der Waals surface area (Å²) in [5.41, 5.74) is 0.989. The Balaban J connectivity index is 2.01. The van der Waals surface area contributed by atoms with Crippen LogP contribution in [0, 0.1) is 5.92 Å². The van der Waals surface area contributed by atoms with E-state index in [2.05, 4.69) is 5.32 Å². The fourth-order valence-electron chi connectivity index (χ4n) is 2.37. The van der Waals surface area contributed by atoms with E-state index in [0.717, 1.165) is 12.0 Å². The van der Waals surface area contributed by atoms with Crippen LogP contribution in [0.15, 0.2) is 30.3 Å². The van der Waals surface area contributed by atoms with E-state index >= 15 is 0 Å². The highest BCUT2D eigenvalue weighted by atomic mass is 16.3. The van der Waals surface area contributed by atoms with Gasteiger partial charge in [0.25, 0.3) is 0 Å². The number of aliphatic hydroxyl groups is 1. The molecule has 2 atom stereocenters. The van der Waals surface area contributed by atoms with Crippen molar-refractivity contribution < 1.29 is 14.7 Å². The number of β-amino-alcohol motifs (C(OH)–C–C–N with tert-alkyl or cyclic N) is 1. The van der Waals surface area contributed by atoms with Gasteiger partial charge in [-0.25, -0.2) is 0 Å². The first kappa shape index (κ1) is 14.5. The highest BCUT2D eigenvalue weighted by Gasteiger charge is 2.43. The van der Waals surface area contributed by atoms with E-state index in [4.69, 9.17) is 0 Å². The second-order valence-corrected chi connectivity index (χ2v) is 5.04. The summed E-state index contributed by atoms with van der Waals surface area (Å²) >= 11 is 0. The zero-order chi connectivity index (χ0) is 14.5. The third-order valence-electron chi connectivity index (χ3n) is 3.42. The molecule has 1 heterocycles. The van der Waals surface area contributed by atoms with Crippen LogP contribution in [-0.4, -0.2) is 41.0 Å². The minimum absolute atomic E-state index is 0.206. The van der Waals surface area contributed by atoms with Crippen molar-refractivity contribution in [2.24, 2.45) is 5.92 Å². The largest absolute Gasteiger partial charge is 0.390 e. The molecule has 5 nitrogen and oxygen atoms in total. The second kappa shape index (κ2) is 6.52. The fraction of sp³-hybridized carbons (Fsp3) is 0.467. The lowest BCUT2D eigenvalue weighted by atomic mass is 10.1. The molecule has 1 fully saturated rings. The number of likely N-dealkylation sites (tertiary alicyclic amines) is 1. The minimum atomic E-state index is -0.967. The molecule has 0 spiro atoms. The standard InChI is InChI=1S/C15H20N2O3/c1-2-8-16-14(19)13-12(18)10-17(15(13)20)9-11-6-4-3-5-7-11/h3-7,12-13,18H,2,8-10H2,1H3,(H,16,19). The molecule has 2 rings (SSSR count). The number of hydrogen-bond acceptors (Lipinski definition) is 3. The molecule has 1 aliphatic heterocycles. The summed E-state index contributed by atoms with van der Waals surface area (Å²) in [6.45, 7) is 3.09. The zero-order valence-electron chi connectivity index (χ0n) is 11.6. The molecule has 20 heavy (non-hydrogen) atoms. The molecule has 0 aromatic heterocycles. The molecule has 0 saturated carbocycles. The Hall–Kier alpha value is -1.88. The number of rotatable bonds is 5. The monoisotopic (exact) mass is 276 g/mol. The SMILES string of the molecule is CCCNC(=O)C1C(=O)N(Cc2ccccc2)CC1O. The Morgan fingerprint density at radius 3 is 2.75 bits per heavy atom. The van der Waals surface area contributed by atoms with Crippen LogP contribution in [0.5, 0.6) is 0 Å². The van der Waals surface area contributed by atoms with E-state index in [1.165, 1.54) is 4.90 Å². The third-order valence-corrected chi connectivity index (χ3v) is 3.42. The van der Waals surface area contributed by atoms with Gasteiger partial charge in [0.1, 0.15) is 5.92 Å². The third kappa shape index (κ3) is 3.17. The van der Waals surface area contributed by atoms with Gasteiger partial charge in [-0.2, -0.15) is 0 Å². The van der Waals surface area contributed by atoms with Crippen molar-refractivity contribution in [3.05, 3.63) is 35.9 Å². The number of carbonyl (C=O) groups excluding carboxylic acids is 2. The smallest absolute Gasteiger partial charge is 0.238 e. The fourth-order valence-corrected chi connectivity index (χ4v) is 2.37. The summed E-state index contributed by atoms with van der Waals surface area (Å²) in [5.74, 6) is -1.64. The molecule has 108 valence electrons. The van der Waals surface area contributed by atoms with Crippen molar-refractivity contribution in [1.29, 1.82) is 0 Å². The average Bonchev–Trinajstić information content (AvgIpc) is 2.72. The number of amides is 2. The maximum atomic E-state index is 12.2. The van der Waals surface area contributed by atoms with Crippen LogP contribution in [0.2, 0.25) is 0 Å². The molecule has 0 radical (unpaired) electrons. The van der Waals surface area contributed by atoms with Crippen molar-refractivity contribution in [2.75, 3.05) is 13.1 Å². The van der Waals surface area contributed by atoms with E-state index in [0.29, 0.717) is 13.1 Å². The van der Waals surface area contributed by atoms with Gasteiger partial charge >= 0.3 is 0 Å². The van der Waals surface area contributed by atoms with Gasteiger partial charge in [-0.1, -0.05) is 37.3 Å². The van der Waals surface area contributed by atoms with Crippen molar-refractivity contribution >= 4 is 11.8 Å². The lowest BCUT2D eigenvalue weighted by Crippen LogP contribution is -2.40. The number of carbonyl (C=O) groups is 2. The predicted molar refractivity (Wildman–Crippen MR) is 74.7 cm³/mol. The molecule has 5 heteroatoms. The van der Waals surface area contributed by atoms with Gasteiger partial charge < -0.3 is 15.3 Å². The van der Waals surface area contributed by atoms with Crippen molar-refractivity contribution in [2.45, 2.75) is 26.0 Å². The van der Waals surface area contributed by atoms with Gasteiger partial charge in [0.2, 0.25) is 11.8 Å². The summed E-state index contributed by atoms with van der Waals surface area (Å²) in [4.78, 5) is 25.7. The van der Waals surface area contributed by atoms with Crippen molar-refractivity contribution in [3.8, 4) is 0 Å². The lowest BCUT2D eigenvalue weighted by molar-refractivity contribution is -0.139. The van der Waals surface area contributed by atoms with Gasteiger partial charge in [0, 0.05) is 19.6 Å². The van der Waals surface area contributed by atoms with E-state index in [1.807, 2.05) is 37.3 Å². The highest BCUT2D eigenvalue weighted by Crippen LogP contribution is 2.21. The summed E-state index contributed by atoms with van der Waals surface area (Å²) in [7, 11) is 0. The molecular formula is C15H20N2O3. The quantitative estimate of drug-likeness (QED) is 0.771. The number of nitrogens with zero attached hydrogens (tertiary/aromatic N) is 1. The van der Waals surface area contributed by atoms with Crippen LogP contribution in [0.4, 0.5) is 0 Å². The van der Waals surface area contributed by atoms with Gasteiger partial charge in [-0.15, -0.1) is 0 Å². The normalized spacial score (nSPS) is 22.1. The highest BCUT2D eigenvalue weighted by molar-refractivity contribution is 6.02. The zero-order valence-corrected chi connectivity index (χ0v) is 11.6. The molecule has 1 aromatic rings. The van der Waals surface area contributed by atoms with Crippen LogP contribution < -0.4 is 5.32 Å². The van der Waals surface area contributed by atoms with Crippen LogP contribution in [0.25, 0.3) is 0 Å². The Bertz CT molecular complexity index is 475. The average molecular weight is 276 g/mol. The van der Waals surface area contributed by atoms with Gasteiger partial charge in [0.05, 0.1) is 6.10 Å². The second-order valence-electron chi connectivity index (χ2n) is 5.04. The van der Waals surface area contributed by atoms with Crippen LogP contribution in [0.3, 0.4) is 0 Å². The van der Waals surface area contributed by atoms with Crippen molar-refractivity contribution in [1.82, 2.24) is 10.2 Å². The first-order valence-electron chi connectivity index (χ1n) is 6.92. The lowest BCUT2D eigenvalue weighted by Gasteiger charge is -2.16. The first-order chi connectivity index (χ1) is 9.63. The number of nitrogens with one attached hydrogen (secondary N) is 1. The predicted octanol–water partition coefficient (Wildman–Crippen LogP) is 0.532. The van der Waals surface area contributed by atoms with E-state index in [9.17, 15) is 14.7 Å². The van der Waals surface area contributed by atoms with Crippen molar-refractivity contribution in [3.63, 3.8) is 0 Å². The Kier molecular flexibility index (Phi) is 4.74. The molecule has 2 N–H and O–H groups in total. The molecule has 0 bridgehead atoms. The Morgan fingerprint density at radius 2 is 2.10 bits per heavy atom. The summed E-state index contributed by atoms with van der Waals surface area (Å²) in [6.07, 6.45) is -0.126. The van der Waals surface area contributed by atoms with Gasteiger partial charge in [0.15, 0.2) is 0 Å². The first-order valence-corrected chi connectivity index (χ1v) is 6.92. The van der Waals surface area contributed by atoms with E-state index in [-0.39, 0.29) is 18.4 Å². The maximum absolute atomic E-state index is 12.2. The summed E-state index contributed by atoms with van der Waals surface area (Å²) in [5, 5.41) is 12.6. The van der Waals surface area contributed by atoms with Crippen LogP contribution in [-0.2, 0) is 16.1 Å². The molecule has 0 aliphatic carbocycles. The molecule has 1 aliphatic rings. The maximum Gasteiger partial charge on any atom is 0.238 e.